The largest absolute Gasteiger partial charge is 0.480 e. The molecule has 0 saturated heterocycles. The summed E-state index contributed by atoms with van der Waals surface area (Å²) in [5, 5.41) is 9.22. The highest BCUT2D eigenvalue weighted by Crippen LogP contribution is 2.22. The van der Waals surface area contributed by atoms with Crippen LogP contribution in [0.1, 0.15) is 10.4 Å². The van der Waals surface area contributed by atoms with Crippen molar-refractivity contribution >= 4 is 39.4 Å². The summed E-state index contributed by atoms with van der Waals surface area (Å²) < 4.78 is 0.716. The lowest BCUT2D eigenvalue weighted by atomic mass is 10.2. The van der Waals surface area contributed by atoms with Crippen LogP contribution in [0.4, 0.5) is 0 Å². The number of nitrogens with zero attached hydrogens (tertiary/aromatic N) is 2. The standard InChI is InChI=1S/C13H16BrClN2O3/c1-16(2)5-6-17(8-12(18)19)13(20)10-7-9(14)3-4-11(10)15/h3-4,7H,5-6,8H2,1-2H3,(H,18,19). The molecule has 0 fully saturated rings. The molecule has 7 heteroatoms. The van der Waals surface area contributed by atoms with Crippen LogP contribution in [0.2, 0.25) is 5.02 Å². The SMILES string of the molecule is CN(C)CCN(CC(=O)O)C(=O)c1cc(Br)ccc1Cl. The number of carboxylic acid groups (broad SMARTS) is 1. The minimum Gasteiger partial charge on any atom is -0.480 e. The first-order valence-corrected chi connectivity index (χ1v) is 7.09. The Labute approximate surface area is 131 Å². The number of carboxylic acids is 1. The van der Waals surface area contributed by atoms with Crippen LogP contribution >= 0.6 is 27.5 Å². The third-order valence-electron chi connectivity index (χ3n) is 2.59. The van der Waals surface area contributed by atoms with Gasteiger partial charge in [-0.1, -0.05) is 27.5 Å². The lowest BCUT2D eigenvalue weighted by molar-refractivity contribution is -0.137. The van der Waals surface area contributed by atoms with Gasteiger partial charge in [0.25, 0.3) is 5.91 Å². The number of likely N-dealkylation sites (N-methyl/N-ethyl adjacent to an activating group) is 1. The van der Waals surface area contributed by atoms with Gasteiger partial charge < -0.3 is 14.9 Å². The van der Waals surface area contributed by atoms with E-state index in [0.29, 0.717) is 28.1 Å². The Bertz CT molecular complexity index is 508. The van der Waals surface area contributed by atoms with Gasteiger partial charge >= 0.3 is 5.97 Å². The molecular formula is C13H16BrClN2O3. The molecule has 0 spiro atoms. The van der Waals surface area contributed by atoms with Crippen molar-refractivity contribution in [2.45, 2.75) is 0 Å². The normalized spacial score (nSPS) is 10.7. The van der Waals surface area contributed by atoms with Crippen LogP contribution in [0, 0.1) is 0 Å². The molecule has 1 aromatic rings. The van der Waals surface area contributed by atoms with Crippen molar-refractivity contribution in [1.29, 1.82) is 0 Å². The summed E-state index contributed by atoms with van der Waals surface area (Å²) >= 11 is 9.28. The monoisotopic (exact) mass is 362 g/mol. The summed E-state index contributed by atoms with van der Waals surface area (Å²) in [7, 11) is 3.71. The Morgan fingerprint density at radius 2 is 1.95 bits per heavy atom. The molecule has 0 bridgehead atoms. The second kappa shape index (κ2) is 7.61. The van der Waals surface area contributed by atoms with E-state index < -0.39 is 5.97 Å². The maximum atomic E-state index is 12.4. The topological polar surface area (TPSA) is 60.9 Å². The van der Waals surface area contributed by atoms with Crippen LogP contribution in [0.25, 0.3) is 0 Å². The van der Waals surface area contributed by atoms with Gasteiger partial charge in [0.2, 0.25) is 0 Å². The van der Waals surface area contributed by atoms with Crippen LogP contribution in [-0.4, -0.2) is 60.5 Å². The molecule has 20 heavy (non-hydrogen) atoms. The zero-order valence-corrected chi connectivity index (χ0v) is 13.6. The van der Waals surface area contributed by atoms with E-state index in [1.807, 2.05) is 19.0 Å². The molecular weight excluding hydrogens is 348 g/mol. The minimum atomic E-state index is -1.05. The second-order valence-corrected chi connectivity index (χ2v) is 5.87. The second-order valence-electron chi connectivity index (χ2n) is 4.55. The summed E-state index contributed by atoms with van der Waals surface area (Å²) in [5.74, 6) is -1.44. The van der Waals surface area contributed by atoms with Crippen molar-refractivity contribution in [3.63, 3.8) is 0 Å². The number of halogens is 2. The van der Waals surface area contributed by atoms with E-state index in [2.05, 4.69) is 15.9 Å². The number of benzene rings is 1. The van der Waals surface area contributed by atoms with E-state index in [1.165, 1.54) is 4.90 Å². The molecule has 5 nitrogen and oxygen atoms in total. The number of aliphatic carboxylic acids is 1. The molecule has 0 unspecified atom stereocenters. The van der Waals surface area contributed by atoms with E-state index in [1.54, 1.807) is 18.2 Å². The van der Waals surface area contributed by atoms with Gasteiger partial charge in [-0.2, -0.15) is 0 Å². The first-order valence-electron chi connectivity index (χ1n) is 5.92. The predicted octanol–water partition coefficient (Wildman–Crippen LogP) is 2.19. The van der Waals surface area contributed by atoms with Crippen LogP contribution < -0.4 is 0 Å². The van der Waals surface area contributed by atoms with Crippen LogP contribution in [0.15, 0.2) is 22.7 Å². The number of rotatable bonds is 6. The van der Waals surface area contributed by atoms with Gasteiger partial charge in [0.15, 0.2) is 0 Å². The fraction of sp³-hybridized carbons (Fsp3) is 0.385. The summed E-state index contributed by atoms with van der Waals surface area (Å²) in [6.45, 7) is 0.543. The van der Waals surface area contributed by atoms with Gasteiger partial charge in [-0.25, -0.2) is 0 Å². The number of carbonyl (C=O) groups excluding carboxylic acids is 1. The molecule has 0 aliphatic heterocycles. The third-order valence-corrected chi connectivity index (χ3v) is 3.41. The number of hydrogen-bond donors (Lipinski definition) is 1. The van der Waals surface area contributed by atoms with Crippen LogP contribution in [0.5, 0.6) is 0 Å². The lowest BCUT2D eigenvalue weighted by Crippen LogP contribution is -2.40. The summed E-state index contributed by atoms with van der Waals surface area (Å²) in [5.41, 5.74) is 0.293. The quantitative estimate of drug-likeness (QED) is 0.841. The molecule has 0 aromatic heterocycles. The summed E-state index contributed by atoms with van der Waals surface area (Å²) in [4.78, 5) is 26.5. The smallest absolute Gasteiger partial charge is 0.323 e. The number of amides is 1. The predicted molar refractivity (Wildman–Crippen MR) is 81.2 cm³/mol. The molecule has 1 N–H and O–H groups in total. The Morgan fingerprint density at radius 1 is 1.30 bits per heavy atom. The first kappa shape index (κ1) is 16.9. The molecule has 0 aliphatic rings. The van der Waals surface area contributed by atoms with E-state index in [9.17, 15) is 9.59 Å². The van der Waals surface area contributed by atoms with Crippen molar-refractivity contribution in [3.8, 4) is 0 Å². The average molecular weight is 364 g/mol. The molecule has 0 aliphatic carbocycles. The van der Waals surface area contributed by atoms with Gasteiger partial charge in [-0.15, -0.1) is 0 Å². The molecule has 1 rings (SSSR count). The molecule has 1 amide bonds. The van der Waals surface area contributed by atoms with E-state index >= 15 is 0 Å². The van der Waals surface area contributed by atoms with Crippen LogP contribution in [0.3, 0.4) is 0 Å². The fourth-order valence-electron chi connectivity index (χ4n) is 1.57. The maximum Gasteiger partial charge on any atom is 0.323 e. The van der Waals surface area contributed by atoms with E-state index in [4.69, 9.17) is 16.7 Å². The maximum absolute atomic E-state index is 12.4. The molecule has 0 saturated carbocycles. The Balaban J connectivity index is 2.96. The molecule has 0 atom stereocenters. The highest BCUT2D eigenvalue weighted by atomic mass is 79.9. The first-order chi connectivity index (χ1) is 9.31. The highest BCUT2D eigenvalue weighted by molar-refractivity contribution is 9.10. The number of hydrogen-bond acceptors (Lipinski definition) is 3. The Morgan fingerprint density at radius 3 is 2.50 bits per heavy atom. The zero-order valence-electron chi connectivity index (χ0n) is 11.3. The van der Waals surface area contributed by atoms with Crippen molar-refractivity contribution in [2.75, 3.05) is 33.7 Å². The minimum absolute atomic E-state index is 0.293. The average Bonchev–Trinajstić information content (AvgIpc) is 2.36. The van der Waals surface area contributed by atoms with Gasteiger partial charge in [-0.3, -0.25) is 9.59 Å². The summed E-state index contributed by atoms with van der Waals surface area (Å²) in [6.07, 6.45) is 0. The molecule has 0 heterocycles. The molecule has 1 aromatic carbocycles. The van der Waals surface area contributed by atoms with Gasteiger partial charge in [0, 0.05) is 17.6 Å². The number of carbonyl (C=O) groups is 2. The van der Waals surface area contributed by atoms with E-state index in [0.717, 1.165) is 0 Å². The third kappa shape index (κ3) is 5.11. The van der Waals surface area contributed by atoms with Crippen molar-refractivity contribution in [1.82, 2.24) is 9.80 Å². The van der Waals surface area contributed by atoms with Crippen LogP contribution in [-0.2, 0) is 4.79 Å². The Hall–Kier alpha value is -1.11. The molecule has 0 radical (unpaired) electrons. The fourth-order valence-corrected chi connectivity index (χ4v) is 2.13. The van der Waals surface area contributed by atoms with Gasteiger partial charge in [-0.05, 0) is 32.3 Å². The van der Waals surface area contributed by atoms with Gasteiger partial charge in [0.1, 0.15) is 6.54 Å². The van der Waals surface area contributed by atoms with Crippen molar-refractivity contribution in [3.05, 3.63) is 33.3 Å². The molecule has 110 valence electrons. The summed E-state index contributed by atoms with van der Waals surface area (Å²) in [6, 6.07) is 4.92. The van der Waals surface area contributed by atoms with E-state index in [-0.39, 0.29) is 12.5 Å². The zero-order chi connectivity index (χ0) is 15.3. The highest BCUT2D eigenvalue weighted by Gasteiger charge is 2.21. The van der Waals surface area contributed by atoms with Crippen molar-refractivity contribution < 1.29 is 14.7 Å². The van der Waals surface area contributed by atoms with Crippen molar-refractivity contribution in [2.24, 2.45) is 0 Å². The van der Waals surface area contributed by atoms with Gasteiger partial charge in [0.05, 0.1) is 10.6 Å². The lowest BCUT2D eigenvalue weighted by Gasteiger charge is -2.23. The Kier molecular flexibility index (Phi) is 6.45.